The van der Waals surface area contributed by atoms with Crippen molar-refractivity contribution in [1.82, 2.24) is 0 Å². The molecule has 17 heavy (non-hydrogen) atoms. The molecule has 0 saturated carbocycles. The second kappa shape index (κ2) is 3.81. The summed E-state index contributed by atoms with van der Waals surface area (Å²) in [5.41, 5.74) is 8.92. The molecule has 0 unspecified atom stereocenters. The summed E-state index contributed by atoms with van der Waals surface area (Å²) in [4.78, 5) is 2.42. The van der Waals surface area contributed by atoms with Crippen molar-refractivity contribution in [2.75, 3.05) is 0 Å². The third-order valence-electron chi connectivity index (χ3n) is 2.46. The molecule has 0 fully saturated rings. The number of hydrogen-bond acceptors (Lipinski definition) is 3. The lowest BCUT2D eigenvalue weighted by Crippen LogP contribution is -2.30. The van der Waals surface area contributed by atoms with E-state index in [1.807, 2.05) is 0 Å². The van der Waals surface area contributed by atoms with Crippen LogP contribution in [-0.2, 0) is 10.1 Å². The van der Waals surface area contributed by atoms with Gasteiger partial charge in [-0.2, -0.15) is 13.2 Å². The van der Waals surface area contributed by atoms with Gasteiger partial charge in [-0.3, -0.25) is 4.55 Å². The zero-order valence-electron chi connectivity index (χ0n) is 8.53. The summed E-state index contributed by atoms with van der Waals surface area (Å²) < 4.78 is 30.9. The van der Waals surface area contributed by atoms with Gasteiger partial charge in [0.1, 0.15) is 10.6 Å². The van der Waals surface area contributed by atoms with E-state index in [4.69, 9.17) is 10.1 Å². The molecule has 2 N–H and O–H groups in total. The molecule has 88 valence electrons. The van der Waals surface area contributed by atoms with Gasteiger partial charge >= 0.3 is 0 Å². The van der Waals surface area contributed by atoms with Crippen LogP contribution in [0.1, 0.15) is 6.42 Å². The molecule has 1 aromatic rings. The molecule has 1 aliphatic carbocycles. The normalized spacial score (nSPS) is 14.3. The number of benzene rings is 1. The van der Waals surface area contributed by atoms with Crippen molar-refractivity contribution >= 4 is 28.0 Å². The predicted octanol–water partition coefficient (Wildman–Crippen LogP) is -0.726. The Hall–Kier alpha value is -1.95. The average Bonchev–Trinajstić information content (AvgIpc) is 2.27. The molecule has 0 aromatic heterocycles. The summed E-state index contributed by atoms with van der Waals surface area (Å²) in [6, 6.07) is 2.58. The molecule has 0 radical (unpaired) electrons. The summed E-state index contributed by atoms with van der Waals surface area (Å²) in [5, 5.41) is 10.6. The zero-order chi connectivity index (χ0) is 12.6. The molecule has 2 rings (SSSR count). The third kappa shape index (κ3) is 1.99. The maximum absolute atomic E-state index is 11.0. The lowest BCUT2D eigenvalue weighted by Gasteiger charge is -2.04. The van der Waals surface area contributed by atoms with Gasteiger partial charge in [0.25, 0.3) is 15.8 Å². The van der Waals surface area contributed by atoms with Gasteiger partial charge in [-0.25, -0.2) is 0 Å². The van der Waals surface area contributed by atoms with Crippen LogP contribution in [0, 0.1) is 0 Å². The van der Waals surface area contributed by atoms with Gasteiger partial charge in [0.15, 0.2) is 0 Å². The topological polar surface area (TPSA) is 111 Å². The second-order valence-electron chi connectivity index (χ2n) is 3.53. The third-order valence-corrected chi connectivity index (χ3v) is 3.35. The fraction of sp³-hybridized carbons (Fsp3) is 0.100. The summed E-state index contributed by atoms with van der Waals surface area (Å²) in [7, 11) is -4.48. The monoisotopic (exact) mass is 252 g/mol. The van der Waals surface area contributed by atoms with E-state index in [-0.39, 0.29) is 5.22 Å². The number of phenolic OH excluding ortho intramolecular Hbond substituents is 1. The SMILES string of the molecule is [N-]=[N+]=C1C=c2c(O)c(S(=O)(=O)O)ccc2=CC1. The van der Waals surface area contributed by atoms with Crippen LogP contribution in [0.2, 0.25) is 0 Å². The average molecular weight is 252 g/mol. The molecule has 6 nitrogen and oxygen atoms in total. The van der Waals surface area contributed by atoms with Crippen molar-refractivity contribution in [3.05, 3.63) is 28.1 Å². The van der Waals surface area contributed by atoms with E-state index in [2.05, 4.69) is 4.79 Å². The molecular formula is C10H8N2O4S. The molecule has 1 aromatic carbocycles. The van der Waals surface area contributed by atoms with E-state index in [9.17, 15) is 13.5 Å². The first-order chi connectivity index (χ1) is 7.93. The largest absolute Gasteiger partial charge is 0.506 e. The molecule has 0 heterocycles. The van der Waals surface area contributed by atoms with E-state index < -0.39 is 20.8 Å². The molecule has 0 amide bonds. The van der Waals surface area contributed by atoms with E-state index in [1.54, 1.807) is 6.08 Å². The van der Waals surface area contributed by atoms with Gasteiger partial charge in [0.05, 0.1) is 6.42 Å². The Balaban J connectivity index is 2.91. The fourth-order valence-electron chi connectivity index (χ4n) is 1.65. The Bertz CT molecular complexity index is 758. The summed E-state index contributed by atoms with van der Waals surface area (Å²) in [5.74, 6) is -0.554. The number of nitrogens with zero attached hydrogens (tertiary/aromatic N) is 2. The standard InChI is InChI=1S/C10H8N2O4S/c11-12-7-3-1-6-2-4-9(17(14,15)16)10(13)8(6)5-7/h1-2,4-5,13H,3H2,(H,14,15,16). The predicted molar refractivity (Wildman–Crippen MR) is 59.3 cm³/mol. The highest BCUT2D eigenvalue weighted by Gasteiger charge is 2.18. The lowest BCUT2D eigenvalue weighted by molar-refractivity contribution is -0.00373. The van der Waals surface area contributed by atoms with Crippen LogP contribution in [0.5, 0.6) is 5.75 Å². The Morgan fingerprint density at radius 3 is 2.65 bits per heavy atom. The fourth-order valence-corrected chi connectivity index (χ4v) is 2.25. The lowest BCUT2D eigenvalue weighted by atomic mass is 10.1. The number of fused-ring (bicyclic) bond motifs is 1. The van der Waals surface area contributed by atoms with Gasteiger partial charge in [-0.1, -0.05) is 12.1 Å². The Morgan fingerprint density at radius 2 is 2.06 bits per heavy atom. The number of phenols is 1. The molecule has 7 heteroatoms. The van der Waals surface area contributed by atoms with E-state index in [0.29, 0.717) is 17.4 Å². The number of aromatic hydroxyl groups is 1. The highest BCUT2D eigenvalue weighted by atomic mass is 32.2. The van der Waals surface area contributed by atoms with Crippen molar-refractivity contribution in [2.45, 2.75) is 11.3 Å². The highest BCUT2D eigenvalue weighted by Crippen LogP contribution is 2.16. The number of rotatable bonds is 1. The molecule has 1 aliphatic rings. The van der Waals surface area contributed by atoms with Crippen molar-refractivity contribution < 1.29 is 22.9 Å². The van der Waals surface area contributed by atoms with E-state index in [1.165, 1.54) is 12.1 Å². The molecular weight excluding hydrogens is 244 g/mol. The minimum absolute atomic E-state index is 0.208. The van der Waals surface area contributed by atoms with Crippen LogP contribution in [-0.4, -0.2) is 28.6 Å². The van der Waals surface area contributed by atoms with Crippen molar-refractivity contribution in [2.24, 2.45) is 0 Å². The molecule has 0 bridgehead atoms. The molecule has 0 atom stereocenters. The van der Waals surface area contributed by atoms with Gasteiger partial charge in [0, 0.05) is 11.3 Å². The van der Waals surface area contributed by atoms with Gasteiger partial charge in [0.2, 0.25) is 0 Å². The first kappa shape index (κ1) is 11.5. The number of hydrogen-bond donors (Lipinski definition) is 2. The first-order valence-electron chi connectivity index (χ1n) is 4.66. The Kier molecular flexibility index (Phi) is 2.59. The molecule has 0 aliphatic heterocycles. The minimum Gasteiger partial charge on any atom is -0.506 e. The van der Waals surface area contributed by atoms with Crippen LogP contribution in [0.4, 0.5) is 0 Å². The summed E-state index contributed by atoms with van der Waals surface area (Å²) in [6.07, 6.45) is 3.42. The van der Waals surface area contributed by atoms with Crippen molar-refractivity contribution in [1.29, 1.82) is 0 Å². The van der Waals surface area contributed by atoms with E-state index in [0.717, 1.165) is 6.07 Å². The minimum atomic E-state index is -4.48. The van der Waals surface area contributed by atoms with Crippen LogP contribution in [0.25, 0.3) is 17.7 Å². The van der Waals surface area contributed by atoms with Crippen LogP contribution >= 0.6 is 0 Å². The molecule has 0 spiro atoms. The summed E-state index contributed by atoms with van der Waals surface area (Å²) in [6.45, 7) is 0. The maximum atomic E-state index is 11.0. The highest BCUT2D eigenvalue weighted by molar-refractivity contribution is 7.86. The Morgan fingerprint density at radius 1 is 1.35 bits per heavy atom. The quantitative estimate of drug-likeness (QED) is 0.390. The van der Waals surface area contributed by atoms with Gasteiger partial charge in [-0.05, 0) is 11.3 Å². The summed E-state index contributed by atoms with van der Waals surface area (Å²) >= 11 is 0. The van der Waals surface area contributed by atoms with Gasteiger partial charge in [-0.15, -0.1) is 0 Å². The van der Waals surface area contributed by atoms with E-state index >= 15 is 0 Å². The smallest absolute Gasteiger partial charge is 0.298 e. The van der Waals surface area contributed by atoms with Crippen molar-refractivity contribution in [3.63, 3.8) is 0 Å². The van der Waals surface area contributed by atoms with Crippen LogP contribution < -0.4 is 10.4 Å². The Labute approximate surface area is 96.5 Å². The van der Waals surface area contributed by atoms with Crippen LogP contribution in [0.3, 0.4) is 0 Å². The maximum Gasteiger partial charge on any atom is 0.298 e. The second-order valence-corrected chi connectivity index (χ2v) is 4.92. The van der Waals surface area contributed by atoms with Crippen molar-refractivity contribution in [3.8, 4) is 5.75 Å². The van der Waals surface area contributed by atoms with Gasteiger partial charge < -0.3 is 10.6 Å². The first-order valence-corrected chi connectivity index (χ1v) is 6.10. The zero-order valence-corrected chi connectivity index (χ0v) is 9.35. The van der Waals surface area contributed by atoms with Crippen LogP contribution in [0.15, 0.2) is 17.0 Å². The molecule has 0 saturated heterocycles.